The average molecular weight is 230 g/mol. The predicted octanol–water partition coefficient (Wildman–Crippen LogP) is 2.65. The molecule has 0 heterocycles. The van der Waals surface area contributed by atoms with Gasteiger partial charge in [0.1, 0.15) is 0 Å². The molecule has 0 aromatic heterocycles. The van der Waals surface area contributed by atoms with Crippen LogP contribution in [0.2, 0.25) is 0 Å². The van der Waals surface area contributed by atoms with Crippen molar-refractivity contribution in [2.45, 2.75) is 33.6 Å². The Labute approximate surface area is 102 Å². The molecule has 0 aliphatic rings. The minimum atomic E-state index is -0.0436. The van der Waals surface area contributed by atoms with Crippen molar-refractivity contribution in [2.24, 2.45) is 0 Å². The first-order valence-corrected chi connectivity index (χ1v) is 5.79. The maximum atomic E-state index is 12.0. The summed E-state index contributed by atoms with van der Waals surface area (Å²) >= 11 is 0. The molecule has 1 rings (SSSR count). The summed E-state index contributed by atoms with van der Waals surface area (Å²) in [6, 6.07) is 6.08. The summed E-state index contributed by atoms with van der Waals surface area (Å²) in [6.45, 7) is 6.47. The number of carbonyl (C=O) groups excluding carboxylic acids is 1. The van der Waals surface area contributed by atoms with Gasteiger partial charge in [0.05, 0.1) is 6.07 Å². The van der Waals surface area contributed by atoms with Crippen molar-refractivity contribution >= 4 is 5.91 Å². The molecule has 1 aromatic rings. The van der Waals surface area contributed by atoms with Crippen LogP contribution in [0.4, 0.5) is 0 Å². The highest BCUT2D eigenvalue weighted by Crippen LogP contribution is 2.16. The monoisotopic (exact) mass is 230 g/mol. The molecular weight excluding hydrogens is 212 g/mol. The Bertz CT molecular complexity index is 435. The van der Waals surface area contributed by atoms with E-state index in [0.717, 1.165) is 16.7 Å². The molecule has 3 heteroatoms. The second kappa shape index (κ2) is 6.05. The number of nitriles is 1. The van der Waals surface area contributed by atoms with Crippen LogP contribution in [-0.4, -0.2) is 12.5 Å². The molecule has 0 unspecified atom stereocenters. The molecule has 0 atom stereocenters. The van der Waals surface area contributed by atoms with Gasteiger partial charge < -0.3 is 5.32 Å². The van der Waals surface area contributed by atoms with Gasteiger partial charge in [-0.3, -0.25) is 4.79 Å². The Morgan fingerprint density at radius 3 is 2.41 bits per heavy atom. The number of carbonyl (C=O) groups is 1. The number of benzene rings is 1. The fourth-order valence-electron chi connectivity index (χ4n) is 2.00. The van der Waals surface area contributed by atoms with Crippen LogP contribution >= 0.6 is 0 Å². The Morgan fingerprint density at radius 2 is 1.88 bits per heavy atom. The van der Waals surface area contributed by atoms with E-state index in [2.05, 4.69) is 11.4 Å². The summed E-state index contributed by atoms with van der Waals surface area (Å²) in [7, 11) is 0. The van der Waals surface area contributed by atoms with Crippen LogP contribution in [-0.2, 0) is 0 Å². The Morgan fingerprint density at radius 1 is 1.29 bits per heavy atom. The first-order chi connectivity index (χ1) is 8.06. The normalized spacial score (nSPS) is 9.76. The Balaban J connectivity index is 2.73. The number of rotatable bonds is 4. The molecule has 1 N–H and O–H groups in total. The summed E-state index contributed by atoms with van der Waals surface area (Å²) < 4.78 is 0. The van der Waals surface area contributed by atoms with Crippen molar-refractivity contribution < 1.29 is 4.79 Å². The van der Waals surface area contributed by atoms with E-state index in [1.165, 1.54) is 5.56 Å². The average Bonchev–Trinajstić information content (AvgIpc) is 2.23. The number of unbranched alkanes of at least 4 members (excludes halogenated alkanes) is 1. The molecule has 0 saturated heterocycles. The SMILES string of the molecule is Cc1cc(C)c(C(=O)NCCCC#N)c(C)c1. The molecule has 0 fully saturated rings. The summed E-state index contributed by atoms with van der Waals surface area (Å²) in [6.07, 6.45) is 1.18. The summed E-state index contributed by atoms with van der Waals surface area (Å²) in [5, 5.41) is 11.2. The number of hydrogen-bond acceptors (Lipinski definition) is 2. The van der Waals surface area contributed by atoms with Gasteiger partial charge in [-0.2, -0.15) is 5.26 Å². The van der Waals surface area contributed by atoms with Crippen LogP contribution < -0.4 is 5.32 Å². The molecule has 90 valence electrons. The number of nitrogens with zero attached hydrogens (tertiary/aromatic N) is 1. The van der Waals surface area contributed by atoms with Gasteiger partial charge in [0.15, 0.2) is 0 Å². The second-order valence-corrected chi connectivity index (χ2v) is 4.29. The smallest absolute Gasteiger partial charge is 0.251 e. The van der Waals surface area contributed by atoms with E-state index < -0.39 is 0 Å². The second-order valence-electron chi connectivity index (χ2n) is 4.29. The Kier molecular flexibility index (Phi) is 4.71. The lowest BCUT2D eigenvalue weighted by atomic mass is 9.99. The molecule has 1 aromatic carbocycles. The standard InChI is InChI=1S/C14H18N2O/c1-10-8-11(2)13(12(3)9-10)14(17)16-7-5-4-6-15/h8-9H,4-5,7H2,1-3H3,(H,16,17). The molecule has 1 amide bonds. The van der Waals surface area contributed by atoms with Gasteiger partial charge in [-0.25, -0.2) is 0 Å². The number of hydrogen-bond donors (Lipinski definition) is 1. The van der Waals surface area contributed by atoms with Crippen LogP contribution in [0.1, 0.15) is 39.9 Å². The quantitative estimate of drug-likeness (QED) is 0.808. The van der Waals surface area contributed by atoms with Gasteiger partial charge >= 0.3 is 0 Å². The highest BCUT2D eigenvalue weighted by molar-refractivity contribution is 5.97. The van der Waals surface area contributed by atoms with E-state index >= 15 is 0 Å². The molecule has 17 heavy (non-hydrogen) atoms. The third kappa shape index (κ3) is 3.60. The van der Waals surface area contributed by atoms with Gasteiger partial charge in [-0.15, -0.1) is 0 Å². The van der Waals surface area contributed by atoms with E-state index in [1.807, 2.05) is 32.9 Å². The minimum Gasteiger partial charge on any atom is -0.352 e. The maximum Gasteiger partial charge on any atom is 0.251 e. The van der Waals surface area contributed by atoms with Gasteiger partial charge in [0.25, 0.3) is 5.91 Å². The largest absolute Gasteiger partial charge is 0.352 e. The molecule has 0 aliphatic heterocycles. The van der Waals surface area contributed by atoms with Crippen LogP contribution in [0.3, 0.4) is 0 Å². The van der Waals surface area contributed by atoms with E-state index in [9.17, 15) is 4.79 Å². The van der Waals surface area contributed by atoms with Crippen LogP contribution in [0, 0.1) is 32.1 Å². The van der Waals surface area contributed by atoms with Crippen LogP contribution in [0.25, 0.3) is 0 Å². The number of nitrogens with one attached hydrogen (secondary N) is 1. The van der Waals surface area contributed by atoms with Crippen molar-refractivity contribution in [1.29, 1.82) is 5.26 Å². The maximum absolute atomic E-state index is 12.0. The summed E-state index contributed by atoms with van der Waals surface area (Å²) in [5.41, 5.74) is 3.93. The molecule has 3 nitrogen and oxygen atoms in total. The van der Waals surface area contributed by atoms with Crippen LogP contribution in [0.5, 0.6) is 0 Å². The zero-order valence-corrected chi connectivity index (χ0v) is 10.6. The number of amides is 1. The van der Waals surface area contributed by atoms with Gasteiger partial charge in [0.2, 0.25) is 0 Å². The third-order valence-electron chi connectivity index (χ3n) is 2.66. The lowest BCUT2D eigenvalue weighted by molar-refractivity contribution is 0.0952. The molecule has 0 bridgehead atoms. The van der Waals surface area contributed by atoms with E-state index in [1.54, 1.807) is 0 Å². The highest BCUT2D eigenvalue weighted by Gasteiger charge is 2.11. The zero-order chi connectivity index (χ0) is 12.8. The predicted molar refractivity (Wildman–Crippen MR) is 67.8 cm³/mol. The lowest BCUT2D eigenvalue weighted by Gasteiger charge is -2.11. The summed E-state index contributed by atoms with van der Waals surface area (Å²) in [5.74, 6) is -0.0436. The van der Waals surface area contributed by atoms with Gasteiger partial charge in [-0.05, 0) is 38.3 Å². The Hall–Kier alpha value is -1.82. The minimum absolute atomic E-state index is 0.0436. The first kappa shape index (κ1) is 13.2. The fraction of sp³-hybridized carbons (Fsp3) is 0.429. The third-order valence-corrected chi connectivity index (χ3v) is 2.66. The number of aryl methyl sites for hydroxylation is 3. The van der Waals surface area contributed by atoms with Crippen molar-refractivity contribution in [3.63, 3.8) is 0 Å². The van der Waals surface area contributed by atoms with Crippen molar-refractivity contribution in [2.75, 3.05) is 6.54 Å². The van der Waals surface area contributed by atoms with Crippen molar-refractivity contribution in [3.05, 3.63) is 34.4 Å². The molecule has 0 aliphatic carbocycles. The van der Waals surface area contributed by atoms with E-state index in [0.29, 0.717) is 19.4 Å². The van der Waals surface area contributed by atoms with Crippen LogP contribution in [0.15, 0.2) is 12.1 Å². The summed E-state index contributed by atoms with van der Waals surface area (Å²) in [4.78, 5) is 12.0. The topological polar surface area (TPSA) is 52.9 Å². The molecule has 0 saturated carbocycles. The van der Waals surface area contributed by atoms with Gasteiger partial charge in [0, 0.05) is 18.5 Å². The lowest BCUT2D eigenvalue weighted by Crippen LogP contribution is -2.26. The zero-order valence-electron chi connectivity index (χ0n) is 10.6. The van der Waals surface area contributed by atoms with Crippen molar-refractivity contribution in [1.82, 2.24) is 5.32 Å². The first-order valence-electron chi connectivity index (χ1n) is 5.79. The molecular formula is C14H18N2O. The molecule has 0 radical (unpaired) electrons. The highest BCUT2D eigenvalue weighted by atomic mass is 16.1. The van der Waals surface area contributed by atoms with E-state index in [4.69, 9.17) is 5.26 Å². The fourth-order valence-corrected chi connectivity index (χ4v) is 2.00. The van der Waals surface area contributed by atoms with Crippen molar-refractivity contribution in [3.8, 4) is 6.07 Å². The van der Waals surface area contributed by atoms with E-state index in [-0.39, 0.29) is 5.91 Å². The van der Waals surface area contributed by atoms with Gasteiger partial charge in [-0.1, -0.05) is 17.7 Å². The molecule has 0 spiro atoms.